The molecule has 0 spiro atoms. The van der Waals surface area contributed by atoms with Crippen molar-refractivity contribution in [2.24, 2.45) is 0 Å². The SMILES string of the molecule is O=P(O)(O)OC#Cc1ccccc1.[H-].[Na+]. The first-order valence-electron chi connectivity index (χ1n) is 3.38. The van der Waals surface area contributed by atoms with Gasteiger partial charge in [0.05, 0.1) is 0 Å². The average Bonchev–Trinajstić information content (AvgIpc) is 2.04. The van der Waals surface area contributed by atoms with E-state index in [1.165, 1.54) is 0 Å². The van der Waals surface area contributed by atoms with Gasteiger partial charge in [-0.15, -0.1) is 0 Å². The zero-order chi connectivity index (χ0) is 9.73. The van der Waals surface area contributed by atoms with Gasteiger partial charge in [-0.25, -0.2) is 4.57 Å². The van der Waals surface area contributed by atoms with E-state index in [-0.39, 0.29) is 31.0 Å². The molecule has 1 aromatic rings. The van der Waals surface area contributed by atoms with Crippen molar-refractivity contribution in [3.05, 3.63) is 35.9 Å². The molecule has 0 amide bonds. The van der Waals surface area contributed by atoms with Crippen LogP contribution in [-0.2, 0) is 9.09 Å². The Morgan fingerprint density at radius 1 is 1.29 bits per heavy atom. The predicted octanol–water partition coefficient (Wildman–Crippen LogP) is -1.78. The molecule has 6 heteroatoms. The first kappa shape index (κ1) is 13.7. The van der Waals surface area contributed by atoms with Gasteiger partial charge in [-0.2, -0.15) is 0 Å². The molecule has 0 heterocycles. The number of hydrogen-bond acceptors (Lipinski definition) is 2. The number of phosphoric ester groups is 1. The van der Waals surface area contributed by atoms with Crippen molar-refractivity contribution in [3.63, 3.8) is 0 Å². The minimum atomic E-state index is -4.48. The first-order chi connectivity index (χ1) is 6.08. The summed E-state index contributed by atoms with van der Waals surface area (Å²) >= 11 is 0. The molecular weight excluding hydrogens is 214 g/mol. The maximum absolute atomic E-state index is 10.2. The topological polar surface area (TPSA) is 66.8 Å². The molecule has 0 aliphatic carbocycles. The molecule has 0 saturated carbocycles. The van der Waals surface area contributed by atoms with Gasteiger partial charge in [0.1, 0.15) is 6.11 Å². The van der Waals surface area contributed by atoms with Crippen LogP contribution in [0.3, 0.4) is 0 Å². The largest absolute Gasteiger partial charge is 1.00 e. The molecule has 1 aromatic carbocycles. The molecular formula is C8H8NaO4P. The minimum absolute atomic E-state index is 0. The zero-order valence-electron chi connectivity index (χ0n) is 8.54. The third-order valence-electron chi connectivity index (χ3n) is 1.13. The standard InChI is InChI=1S/C8H7O4P.Na.H/c9-13(10,11)12-7-6-8-4-2-1-3-5-8;;/h1-5H,(H2,9,10,11);;/q;+1;-1. The van der Waals surface area contributed by atoms with Gasteiger partial charge in [-0.05, 0) is 18.1 Å². The van der Waals surface area contributed by atoms with Gasteiger partial charge in [0.25, 0.3) is 0 Å². The van der Waals surface area contributed by atoms with Crippen LogP contribution in [-0.4, -0.2) is 9.79 Å². The average molecular weight is 222 g/mol. The van der Waals surface area contributed by atoms with Crippen LogP contribution in [0, 0.1) is 12.0 Å². The Morgan fingerprint density at radius 2 is 1.86 bits per heavy atom. The second-order valence-electron chi connectivity index (χ2n) is 2.17. The summed E-state index contributed by atoms with van der Waals surface area (Å²) in [5, 5.41) is 0. The molecule has 2 N–H and O–H groups in total. The van der Waals surface area contributed by atoms with E-state index < -0.39 is 7.82 Å². The summed E-state index contributed by atoms with van der Waals surface area (Å²) < 4.78 is 14.1. The van der Waals surface area contributed by atoms with E-state index in [2.05, 4.69) is 10.4 Å². The van der Waals surface area contributed by atoms with Crippen molar-refractivity contribution in [2.45, 2.75) is 0 Å². The van der Waals surface area contributed by atoms with Crippen molar-refractivity contribution in [1.82, 2.24) is 0 Å². The van der Waals surface area contributed by atoms with Gasteiger partial charge in [0.15, 0.2) is 0 Å². The second-order valence-corrected chi connectivity index (χ2v) is 3.34. The summed E-state index contributed by atoms with van der Waals surface area (Å²) in [5.41, 5.74) is 0.635. The number of hydrogen-bond donors (Lipinski definition) is 2. The molecule has 70 valence electrons. The molecule has 0 bridgehead atoms. The molecule has 4 nitrogen and oxygen atoms in total. The Morgan fingerprint density at radius 3 is 2.36 bits per heavy atom. The van der Waals surface area contributed by atoms with Crippen molar-refractivity contribution in [1.29, 1.82) is 0 Å². The molecule has 0 radical (unpaired) electrons. The quantitative estimate of drug-likeness (QED) is 0.335. The van der Waals surface area contributed by atoms with Gasteiger partial charge in [0.2, 0.25) is 0 Å². The molecule has 14 heavy (non-hydrogen) atoms. The van der Waals surface area contributed by atoms with Crippen molar-refractivity contribution < 1.29 is 49.9 Å². The fourth-order valence-corrected chi connectivity index (χ4v) is 0.827. The molecule has 1 rings (SSSR count). The van der Waals surface area contributed by atoms with E-state index in [1.54, 1.807) is 24.3 Å². The van der Waals surface area contributed by atoms with Crippen LogP contribution in [0.5, 0.6) is 0 Å². The van der Waals surface area contributed by atoms with Crippen molar-refractivity contribution in [3.8, 4) is 12.0 Å². The summed E-state index contributed by atoms with van der Waals surface area (Å²) in [5.74, 6) is 2.44. The maximum Gasteiger partial charge on any atom is 1.00 e. The number of phosphoric acid groups is 1. The Labute approximate surface area is 105 Å². The Balaban J connectivity index is 0. The van der Waals surface area contributed by atoms with Crippen LogP contribution in [0.2, 0.25) is 0 Å². The minimum Gasteiger partial charge on any atom is -1.00 e. The first-order valence-corrected chi connectivity index (χ1v) is 4.91. The monoisotopic (exact) mass is 222 g/mol. The van der Waals surface area contributed by atoms with Crippen molar-refractivity contribution >= 4 is 7.82 Å². The van der Waals surface area contributed by atoms with E-state index in [1.807, 2.05) is 12.2 Å². The van der Waals surface area contributed by atoms with Gasteiger partial charge in [-0.3, -0.25) is 9.79 Å². The molecule has 0 fully saturated rings. The normalized spacial score (nSPS) is 9.29. The van der Waals surface area contributed by atoms with E-state index in [9.17, 15) is 4.57 Å². The van der Waals surface area contributed by atoms with Crippen LogP contribution in [0.25, 0.3) is 0 Å². The summed E-state index contributed by atoms with van der Waals surface area (Å²) in [6, 6.07) is 8.75. The molecule has 0 aliphatic rings. The number of benzene rings is 1. The van der Waals surface area contributed by atoms with Gasteiger partial charge in [0, 0.05) is 5.56 Å². The molecule has 0 aromatic heterocycles. The van der Waals surface area contributed by atoms with Gasteiger partial charge in [-0.1, -0.05) is 18.2 Å². The van der Waals surface area contributed by atoms with E-state index in [4.69, 9.17) is 9.79 Å². The van der Waals surface area contributed by atoms with Crippen LogP contribution in [0.4, 0.5) is 0 Å². The summed E-state index contributed by atoms with van der Waals surface area (Å²) in [6.07, 6.45) is 1.93. The van der Waals surface area contributed by atoms with Crippen LogP contribution in [0.15, 0.2) is 30.3 Å². The van der Waals surface area contributed by atoms with Crippen LogP contribution in [0.1, 0.15) is 6.99 Å². The zero-order valence-corrected chi connectivity index (χ0v) is 10.4. The maximum atomic E-state index is 10.2. The Bertz CT molecular complexity index is 381. The molecule has 0 saturated heterocycles. The fraction of sp³-hybridized carbons (Fsp3) is 0. The number of rotatable bonds is 1. The van der Waals surface area contributed by atoms with E-state index in [0.717, 1.165) is 0 Å². The van der Waals surface area contributed by atoms with Crippen molar-refractivity contribution in [2.75, 3.05) is 0 Å². The molecule has 0 unspecified atom stereocenters. The smallest absolute Gasteiger partial charge is 1.00 e. The van der Waals surface area contributed by atoms with Crippen LogP contribution >= 0.6 is 7.82 Å². The van der Waals surface area contributed by atoms with E-state index >= 15 is 0 Å². The summed E-state index contributed by atoms with van der Waals surface area (Å²) in [6.45, 7) is 0. The molecule has 0 aliphatic heterocycles. The molecule has 0 atom stereocenters. The van der Waals surface area contributed by atoms with Gasteiger partial charge >= 0.3 is 37.4 Å². The second kappa shape index (κ2) is 6.26. The summed E-state index contributed by atoms with van der Waals surface area (Å²) in [7, 11) is -4.48. The Hall–Kier alpha value is -0.270. The van der Waals surface area contributed by atoms with Crippen LogP contribution < -0.4 is 29.6 Å². The third-order valence-corrected chi connectivity index (χ3v) is 1.46. The summed E-state index contributed by atoms with van der Waals surface area (Å²) in [4.78, 5) is 16.6. The van der Waals surface area contributed by atoms with Gasteiger partial charge < -0.3 is 5.95 Å². The Kier molecular flexibility index (Phi) is 6.14. The fourth-order valence-electron chi connectivity index (χ4n) is 0.663. The third kappa shape index (κ3) is 6.22. The predicted molar refractivity (Wildman–Crippen MR) is 47.6 cm³/mol. The van der Waals surface area contributed by atoms with E-state index in [0.29, 0.717) is 5.56 Å².